The molecule has 4 rings (SSSR count). The molecular weight excluding hydrogens is 284 g/mol. The van der Waals surface area contributed by atoms with Crippen molar-refractivity contribution >= 4 is 11.6 Å². The Kier molecular flexibility index (Phi) is 3.56. The van der Waals surface area contributed by atoms with Crippen LogP contribution in [0.5, 0.6) is 0 Å². The van der Waals surface area contributed by atoms with Crippen molar-refractivity contribution in [3.05, 3.63) is 0 Å². The number of hydrogen-bond acceptors (Lipinski definition) is 2. The van der Waals surface area contributed by atoms with Crippen molar-refractivity contribution < 1.29 is 9.59 Å². The van der Waals surface area contributed by atoms with Crippen LogP contribution in [0, 0.1) is 40.4 Å². The fraction of sp³-hybridized carbons (Fsp3) is 0.905. The topological polar surface area (TPSA) is 34.1 Å². The van der Waals surface area contributed by atoms with E-state index in [0.717, 1.165) is 17.8 Å². The van der Waals surface area contributed by atoms with Crippen molar-refractivity contribution in [2.75, 3.05) is 0 Å². The predicted octanol–water partition coefficient (Wildman–Crippen LogP) is 4.80. The van der Waals surface area contributed by atoms with E-state index in [1.165, 1.54) is 44.9 Å². The number of rotatable bonds is 1. The molecule has 2 nitrogen and oxygen atoms in total. The highest BCUT2D eigenvalue weighted by atomic mass is 16.2. The van der Waals surface area contributed by atoms with Crippen LogP contribution in [0.4, 0.5) is 0 Å². The summed E-state index contributed by atoms with van der Waals surface area (Å²) in [4.78, 5) is 24.1. The Labute approximate surface area is 140 Å². The maximum Gasteiger partial charge on any atom is 0.198 e. The first-order valence-electron chi connectivity index (χ1n) is 9.96. The molecule has 7 atom stereocenters. The second-order valence-corrected chi connectivity index (χ2v) is 9.61. The summed E-state index contributed by atoms with van der Waals surface area (Å²) in [7, 11) is 0. The summed E-state index contributed by atoms with van der Waals surface area (Å²) in [6.45, 7) is 7.29. The highest BCUT2D eigenvalue weighted by Gasteiger charge is 2.60. The van der Waals surface area contributed by atoms with Gasteiger partial charge in [0.05, 0.1) is 0 Å². The summed E-state index contributed by atoms with van der Waals surface area (Å²) in [5.41, 5.74) is 0.660. The summed E-state index contributed by atoms with van der Waals surface area (Å²) in [5.74, 6) is 3.60. The molecule has 0 amide bonds. The van der Waals surface area contributed by atoms with Gasteiger partial charge in [-0.2, -0.15) is 0 Å². The van der Waals surface area contributed by atoms with Gasteiger partial charge < -0.3 is 0 Å². The van der Waals surface area contributed by atoms with Crippen molar-refractivity contribution in [1.29, 1.82) is 0 Å². The van der Waals surface area contributed by atoms with E-state index in [1.54, 1.807) is 0 Å². The van der Waals surface area contributed by atoms with Crippen LogP contribution < -0.4 is 0 Å². The van der Waals surface area contributed by atoms with E-state index < -0.39 is 0 Å². The van der Waals surface area contributed by atoms with E-state index in [0.29, 0.717) is 30.1 Å². The average Bonchev–Trinajstić information content (AvgIpc) is 2.85. The molecule has 0 N–H and O–H groups in total. The van der Waals surface area contributed by atoms with E-state index in [9.17, 15) is 9.59 Å². The minimum absolute atomic E-state index is 0.0735. The molecule has 0 spiro atoms. The molecule has 2 heteroatoms. The van der Waals surface area contributed by atoms with Crippen molar-refractivity contribution in [2.45, 2.75) is 78.6 Å². The number of ketones is 2. The monoisotopic (exact) mass is 316 g/mol. The van der Waals surface area contributed by atoms with Gasteiger partial charge in [-0.15, -0.1) is 0 Å². The van der Waals surface area contributed by atoms with Gasteiger partial charge in [-0.25, -0.2) is 0 Å². The Hall–Kier alpha value is -0.660. The molecule has 0 heterocycles. The molecule has 0 aromatic carbocycles. The van der Waals surface area contributed by atoms with Crippen LogP contribution in [0.3, 0.4) is 0 Å². The lowest BCUT2D eigenvalue weighted by atomic mass is 9.44. The minimum Gasteiger partial charge on any atom is -0.291 e. The summed E-state index contributed by atoms with van der Waals surface area (Å²) in [6, 6.07) is 0. The lowest BCUT2D eigenvalue weighted by molar-refractivity contribution is -0.154. The second-order valence-electron chi connectivity index (χ2n) is 9.61. The first-order chi connectivity index (χ1) is 10.9. The molecule has 23 heavy (non-hydrogen) atoms. The summed E-state index contributed by atoms with van der Waals surface area (Å²) >= 11 is 0. The van der Waals surface area contributed by atoms with Gasteiger partial charge in [0, 0.05) is 12.8 Å². The van der Waals surface area contributed by atoms with Gasteiger partial charge in [0.1, 0.15) is 0 Å². The van der Waals surface area contributed by atoms with Gasteiger partial charge in [0.15, 0.2) is 11.6 Å². The summed E-state index contributed by atoms with van der Waals surface area (Å²) in [6.07, 6.45) is 10.4. The maximum atomic E-state index is 12.2. The SMILES string of the molecule is CCC1CCC2C3CCC4CC(=O)C(=O)CC4(C)C3CCC12C. The molecule has 4 saturated carbocycles. The molecule has 7 unspecified atom stereocenters. The highest BCUT2D eigenvalue weighted by molar-refractivity contribution is 6.38. The molecule has 4 fully saturated rings. The first-order valence-corrected chi connectivity index (χ1v) is 9.96. The van der Waals surface area contributed by atoms with Crippen molar-refractivity contribution in [3.63, 3.8) is 0 Å². The smallest absolute Gasteiger partial charge is 0.198 e. The van der Waals surface area contributed by atoms with Crippen LogP contribution in [-0.4, -0.2) is 11.6 Å². The average molecular weight is 316 g/mol. The van der Waals surface area contributed by atoms with E-state index in [2.05, 4.69) is 20.8 Å². The highest BCUT2D eigenvalue weighted by Crippen LogP contribution is 2.67. The number of hydrogen-bond donors (Lipinski definition) is 0. The Bertz CT molecular complexity index is 538. The van der Waals surface area contributed by atoms with Gasteiger partial charge >= 0.3 is 0 Å². The Morgan fingerprint density at radius 1 is 0.913 bits per heavy atom. The minimum atomic E-state index is -0.0847. The quantitative estimate of drug-likeness (QED) is 0.651. The standard InChI is InChI=1S/C21H32O2/c1-4-13-6-8-16-15-7-5-14-11-18(22)19(23)12-21(14,3)17(15)9-10-20(13,16)2/h13-17H,4-12H2,1-3H3. The van der Waals surface area contributed by atoms with Gasteiger partial charge in [-0.1, -0.05) is 27.2 Å². The van der Waals surface area contributed by atoms with Gasteiger partial charge in [-0.3, -0.25) is 9.59 Å². The number of fused-ring (bicyclic) bond motifs is 5. The van der Waals surface area contributed by atoms with Crippen LogP contribution in [0.25, 0.3) is 0 Å². The first kappa shape index (κ1) is 15.8. The summed E-state index contributed by atoms with van der Waals surface area (Å²) in [5, 5.41) is 0. The zero-order valence-corrected chi connectivity index (χ0v) is 15.1. The largest absolute Gasteiger partial charge is 0.291 e. The third-order valence-corrected chi connectivity index (χ3v) is 9.04. The van der Waals surface area contributed by atoms with Gasteiger partial charge in [0.2, 0.25) is 0 Å². The van der Waals surface area contributed by atoms with Crippen LogP contribution in [0.1, 0.15) is 78.6 Å². The Morgan fingerprint density at radius 3 is 2.39 bits per heavy atom. The molecule has 0 saturated heterocycles. The zero-order chi connectivity index (χ0) is 16.4. The molecule has 0 aliphatic heterocycles. The number of Topliss-reactive ketones (excluding diaryl/α,β-unsaturated/α-hetero) is 2. The molecule has 0 aromatic rings. The van der Waals surface area contributed by atoms with E-state index in [1.807, 2.05) is 0 Å². The zero-order valence-electron chi connectivity index (χ0n) is 15.1. The molecule has 4 aliphatic carbocycles. The predicted molar refractivity (Wildman–Crippen MR) is 90.9 cm³/mol. The van der Waals surface area contributed by atoms with Crippen molar-refractivity contribution in [2.24, 2.45) is 40.4 Å². The van der Waals surface area contributed by atoms with Gasteiger partial charge in [-0.05, 0) is 78.9 Å². The van der Waals surface area contributed by atoms with E-state index in [-0.39, 0.29) is 17.0 Å². The lowest BCUT2D eigenvalue weighted by Gasteiger charge is -2.60. The van der Waals surface area contributed by atoms with E-state index >= 15 is 0 Å². The second kappa shape index (κ2) is 5.17. The fourth-order valence-electron chi connectivity index (χ4n) is 7.71. The lowest BCUT2D eigenvalue weighted by Crippen LogP contribution is -2.55. The van der Waals surface area contributed by atoms with Crippen LogP contribution >= 0.6 is 0 Å². The Balaban J connectivity index is 1.64. The van der Waals surface area contributed by atoms with Crippen molar-refractivity contribution in [3.8, 4) is 0 Å². The third kappa shape index (κ3) is 2.05. The third-order valence-electron chi connectivity index (χ3n) is 9.04. The normalized spacial score (nSPS) is 52.7. The molecular formula is C21H32O2. The van der Waals surface area contributed by atoms with Crippen LogP contribution in [0.15, 0.2) is 0 Å². The summed E-state index contributed by atoms with van der Waals surface area (Å²) < 4.78 is 0. The number of carbonyl (C=O) groups is 2. The molecule has 128 valence electrons. The van der Waals surface area contributed by atoms with Gasteiger partial charge in [0.25, 0.3) is 0 Å². The molecule has 0 radical (unpaired) electrons. The Morgan fingerprint density at radius 2 is 1.65 bits per heavy atom. The van der Waals surface area contributed by atoms with Crippen molar-refractivity contribution in [1.82, 2.24) is 0 Å². The fourth-order valence-corrected chi connectivity index (χ4v) is 7.71. The molecule has 0 aromatic heterocycles. The van der Waals surface area contributed by atoms with Crippen LogP contribution in [-0.2, 0) is 9.59 Å². The van der Waals surface area contributed by atoms with E-state index in [4.69, 9.17) is 0 Å². The molecule has 0 bridgehead atoms. The maximum absolute atomic E-state index is 12.2. The molecule has 4 aliphatic rings. The van der Waals surface area contributed by atoms with Crippen LogP contribution in [0.2, 0.25) is 0 Å². The number of carbonyl (C=O) groups excluding carboxylic acids is 2.